The van der Waals surface area contributed by atoms with Crippen molar-refractivity contribution >= 4 is 22.2 Å². The average molecular weight is 374 g/mol. The number of carbonyl (C=O) groups is 1. The van der Waals surface area contributed by atoms with E-state index in [4.69, 9.17) is 0 Å². The number of aromatic nitrogens is 4. The molecule has 4 rings (SSSR count). The fraction of sp³-hybridized carbons (Fsp3) is 0.471. The molecule has 1 unspecified atom stereocenters. The Labute approximate surface area is 155 Å². The molecule has 8 nitrogen and oxygen atoms in total. The number of aliphatic hydroxyl groups is 1. The lowest BCUT2D eigenvalue weighted by molar-refractivity contribution is 0.0740. The summed E-state index contributed by atoms with van der Waals surface area (Å²) in [4.78, 5) is 21.9. The van der Waals surface area contributed by atoms with E-state index in [1.807, 2.05) is 50.6 Å². The Kier molecular flexibility index (Phi) is 4.51. The summed E-state index contributed by atoms with van der Waals surface area (Å²) in [5.74, 6) is -0.0639. The Bertz CT molecular complexity index is 898. The van der Waals surface area contributed by atoms with Gasteiger partial charge >= 0.3 is 0 Å². The maximum absolute atomic E-state index is 12.9. The topological polar surface area (TPSA) is 78.9 Å². The Morgan fingerprint density at radius 2 is 2.27 bits per heavy atom. The van der Waals surface area contributed by atoms with Crippen molar-refractivity contribution in [2.75, 3.05) is 27.2 Å². The van der Waals surface area contributed by atoms with E-state index in [0.717, 1.165) is 23.6 Å². The van der Waals surface area contributed by atoms with E-state index in [1.54, 1.807) is 6.20 Å². The number of hydrogen-bond acceptors (Lipinski definition) is 6. The number of aryl methyl sites for hydroxylation is 1. The minimum atomic E-state index is -0.631. The van der Waals surface area contributed by atoms with Crippen molar-refractivity contribution < 1.29 is 9.90 Å². The second kappa shape index (κ2) is 6.82. The first-order valence-corrected chi connectivity index (χ1v) is 9.50. The number of fused-ring (bicyclic) bond motifs is 2. The van der Waals surface area contributed by atoms with Gasteiger partial charge in [0, 0.05) is 37.4 Å². The lowest BCUT2D eigenvalue weighted by Gasteiger charge is -2.18. The molecule has 3 aromatic heterocycles. The first kappa shape index (κ1) is 17.2. The molecule has 0 saturated carbocycles. The summed E-state index contributed by atoms with van der Waals surface area (Å²) in [6.45, 7) is 2.41. The number of nitrogens with zero attached hydrogens (tertiary/aromatic N) is 6. The van der Waals surface area contributed by atoms with Crippen molar-refractivity contribution in [2.45, 2.75) is 25.6 Å². The molecule has 1 aliphatic rings. The fourth-order valence-corrected chi connectivity index (χ4v) is 3.95. The average Bonchev–Trinajstić information content (AvgIpc) is 3.25. The number of rotatable bonds is 4. The molecule has 0 bridgehead atoms. The Balaban J connectivity index is 1.54. The minimum Gasteiger partial charge on any atom is -0.385 e. The molecule has 138 valence electrons. The predicted octanol–water partition coefficient (Wildman–Crippen LogP) is 1.23. The third-order valence-electron chi connectivity index (χ3n) is 4.51. The smallest absolute Gasteiger partial charge is 0.274 e. The van der Waals surface area contributed by atoms with E-state index in [1.165, 1.54) is 11.3 Å². The fourth-order valence-electron chi connectivity index (χ4n) is 3.25. The van der Waals surface area contributed by atoms with Crippen LogP contribution >= 0.6 is 11.3 Å². The number of amides is 1. The van der Waals surface area contributed by atoms with Crippen molar-refractivity contribution in [3.05, 3.63) is 40.9 Å². The van der Waals surface area contributed by atoms with Gasteiger partial charge in [-0.1, -0.05) is 0 Å². The van der Waals surface area contributed by atoms with Crippen molar-refractivity contribution in [2.24, 2.45) is 0 Å². The van der Waals surface area contributed by atoms with Crippen molar-refractivity contribution in [1.82, 2.24) is 29.0 Å². The molecule has 1 amide bonds. The van der Waals surface area contributed by atoms with E-state index < -0.39 is 6.10 Å². The van der Waals surface area contributed by atoms with Crippen LogP contribution in [0.25, 0.3) is 4.96 Å². The van der Waals surface area contributed by atoms with Crippen molar-refractivity contribution in [1.29, 1.82) is 0 Å². The van der Waals surface area contributed by atoms with E-state index in [-0.39, 0.29) is 5.91 Å². The van der Waals surface area contributed by atoms with Crippen LogP contribution in [0.5, 0.6) is 0 Å². The highest BCUT2D eigenvalue weighted by molar-refractivity contribution is 7.15. The molecular formula is C17H22N6O2S. The summed E-state index contributed by atoms with van der Waals surface area (Å²) in [6.07, 6.45) is 3.88. The predicted molar refractivity (Wildman–Crippen MR) is 98.2 cm³/mol. The maximum Gasteiger partial charge on any atom is 0.274 e. The number of carbonyl (C=O) groups excluding carboxylic acids is 1. The molecule has 0 radical (unpaired) electrons. The molecular weight excluding hydrogens is 352 g/mol. The van der Waals surface area contributed by atoms with Crippen LogP contribution in [0.15, 0.2) is 23.8 Å². The van der Waals surface area contributed by atoms with Crippen LogP contribution < -0.4 is 0 Å². The largest absolute Gasteiger partial charge is 0.385 e. The minimum absolute atomic E-state index is 0.0639. The van der Waals surface area contributed by atoms with Crippen molar-refractivity contribution in [3.8, 4) is 0 Å². The van der Waals surface area contributed by atoms with Crippen LogP contribution in [0, 0.1) is 0 Å². The van der Waals surface area contributed by atoms with Gasteiger partial charge in [-0.15, -0.1) is 11.3 Å². The summed E-state index contributed by atoms with van der Waals surface area (Å²) in [5.41, 5.74) is 2.08. The standard InChI is InChI=1S/C17H22N6O2S/c1-20(2)11-15(24)13-8-12-9-21(4-3-5-23(12)19-13)16(25)14-10-22-6-7-26-17(22)18-14/h6-8,10,15,24H,3-5,9,11H2,1-2H3. The van der Waals surface area contributed by atoms with E-state index in [9.17, 15) is 9.90 Å². The van der Waals surface area contributed by atoms with Gasteiger partial charge in [0.05, 0.1) is 17.9 Å². The van der Waals surface area contributed by atoms with Crippen LogP contribution in [-0.4, -0.2) is 67.2 Å². The van der Waals surface area contributed by atoms with E-state index in [0.29, 0.717) is 31.0 Å². The number of likely N-dealkylation sites (N-methyl/N-ethyl adjacent to an activating group) is 1. The number of hydrogen-bond donors (Lipinski definition) is 1. The molecule has 0 fully saturated rings. The van der Waals surface area contributed by atoms with E-state index in [2.05, 4.69) is 10.1 Å². The molecule has 3 aromatic rings. The summed E-state index contributed by atoms with van der Waals surface area (Å²) < 4.78 is 3.78. The zero-order valence-electron chi connectivity index (χ0n) is 14.9. The lowest BCUT2D eigenvalue weighted by atomic mass is 10.2. The Hall–Kier alpha value is -2.23. The third kappa shape index (κ3) is 3.25. The van der Waals surface area contributed by atoms with Gasteiger partial charge in [0.15, 0.2) is 4.96 Å². The van der Waals surface area contributed by atoms with Crippen LogP contribution in [0.2, 0.25) is 0 Å². The second-order valence-electron chi connectivity index (χ2n) is 6.86. The first-order valence-electron chi connectivity index (χ1n) is 8.62. The normalized spacial score (nSPS) is 16.1. The molecule has 0 aromatic carbocycles. The molecule has 4 heterocycles. The molecule has 0 saturated heterocycles. The number of imidazole rings is 1. The summed E-state index contributed by atoms with van der Waals surface area (Å²) in [6, 6.07) is 1.91. The monoisotopic (exact) mass is 374 g/mol. The van der Waals surface area contributed by atoms with Gasteiger partial charge in [0.2, 0.25) is 0 Å². The highest BCUT2D eigenvalue weighted by atomic mass is 32.1. The van der Waals surface area contributed by atoms with Gasteiger partial charge in [-0.05, 0) is 26.6 Å². The zero-order valence-corrected chi connectivity index (χ0v) is 15.7. The first-order chi connectivity index (χ1) is 12.5. The SMILES string of the molecule is CN(C)CC(O)c1cc2n(n1)CCCN(C(=O)c1cn3ccsc3n1)C2. The van der Waals surface area contributed by atoms with Crippen LogP contribution in [0.3, 0.4) is 0 Å². The van der Waals surface area contributed by atoms with Crippen molar-refractivity contribution in [3.63, 3.8) is 0 Å². The summed E-state index contributed by atoms with van der Waals surface area (Å²) >= 11 is 1.51. The van der Waals surface area contributed by atoms with Crippen LogP contribution in [0.1, 0.15) is 34.4 Å². The number of thiazole rings is 1. The maximum atomic E-state index is 12.9. The van der Waals surface area contributed by atoms with Gasteiger partial charge in [0.1, 0.15) is 11.8 Å². The summed E-state index contributed by atoms with van der Waals surface area (Å²) in [5, 5.41) is 16.8. The number of aliphatic hydroxyl groups excluding tert-OH is 1. The molecule has 1 aliphatic heterocycles. The Morgan fingerprint density at radius 3 is 3.04 bits per heavy atom. The van der Waals surface area contributed by atoms with E-state index >= 15 is 0 Å². The zero-order chi connectivity index (χ0) is 18.3. The van der Waals surface area contributed by atoms with Crippen LogP contribution in [-0.2, 0) is 13.1 Å². The lowest BCUT2D eigenvalue weighted by Crippen LogP contribution is -2.31. The highest BCUT2D eigenvalue weighted by Gasteiger charge is 2.25. The Morgan fingerprint density at radius 1 is 1.42 bits per heavy atom. The highest BCUT2D eigenvalue weighted by Crippen LogP contribution is 2.20. The van der Waals surface area contributed by atoms with Crippen LogP contribution in [0.4, 0.5) is 0 Å². The van der Waals surface area contributed by atoms with Gasteiger partial charge < -0.3 is 14.9 Å². The molecule has 0 spiro atoms. The molecule has 1 N–H and O–H groups in total. The summed E-state index contributed by atoms with van der Waals surface area (Å²) in [7, 11) is 3.83. The molecule has 26 heavy (non-hydrogen) atoms. The molecule has 9 heteroatoms. The van der Waals surface area contributed by atoms with Gasteiger partial charge in [-0.3, -0.25) is 13.9 Å². The van der Waals surface area contributed by atoms with Gasteiger partial charge in [-0.2, -0.15) is 5.10 Å². The molecule has 1 atom stereocenters. The third-order valence-corrected chi connectivity index (χ3v) is 5.28. The molecule has 0 aliphatic carbocycles. The van der Waals surface area contributed by atoms with Gasteiger partial charge in [-0.25, -0.2) is 4.98 Å². The second-order valence-corrected chi connectivity index (χ2v) is 7.73. The van der Waals surface area contributed by atoms with Gasteiger partial charge in [0.25, 0.3) is 5.91 Å². The quantitative estimate of drug-likeness (QED) is 0.743.